The first-order chi connectivity index (χ1) is 9.96. The summed E-state index contributed by atoms with van der Waals surface area (Å²) in [6.07, 6.45) is 2.53. The van der Waals surface area contributed by atoms with Crippen molar-refractivity contribution in [1.82, 2.24) is 0 Å². The highest BCUT2D eigenvalue weighted by molar-refractivity contribution is 7.98. The van der Waals surface area contributed by atoms with Gasteiger partial charge in [-0.2, -0.15) is 11.8 Å². The van der Waals surface area contributed by atoms with Crippen LogP contribution in [0.2, 0.25) is 0 Å². The first-order valence-electron chi connectivity index (χ1n) is 6.63. The van der Waals surface area contributed by atoms with E-state index in [1.807, 2.05) is 0 Å². The minimum atomic E-state index is -0.469. The van der Waals surface area contributed by atoms with Crippen molar-refractivity contribution in [2.24, 2.45) is 5.41 Å². The summed E-state index contributed by atoms with van der Waals surface area (Å²) in [5, 5.41) is 10.8. The number of rotatable bonds is 7. The Morgan fingerprint density at radius 2 is 2.24 bits per heavy atom. The highest BCUT2D eigenvalue weighted by Crippen LogP contribution is 2.51. The fraction of sp³-hybridized carbons (Fsp3) is 0.500. The molecule has 0 aliphatic heterocycles. The number of nitrogens with zero attached hydrogens (tertiary/aromatic N) is 1. The average molecular weight is 310 g/mol. The molecular weight excluding hydrogens is 292 g/mol. The molecule has 0 unspecified atom stereocenters. The molecule has 0 radical (unpaired) electrons. The predicted molar refractivity (Wildman–Crippen MR) is 82.0 cm³/mol. The summed E-state index contributed by atoms with van der Waals surface area (Å²) < 4.78 is 4.71. The topological polar surface area (TPSA) is 95.5 Å². The Morgan fingerprint density at radius 3 is 2.81 bits per heavy atom. The Kier molecular flexibility index (Phi) is 4.72. The van der Waals surface area contributed by atoms with Crippen LogP contribution < -0.4 is 5.73 Å². The van der Waals surface area contributed by atoms with Gasteiger partial charge in [-0.3, -0.25) is 14.9 Å². The highest BCUT2D eigenvalue weighted by Gasteiger charge is 2.44. The molecule has 114 valence electrons. The van der Waals surface area contributed by atoms with Gasteiger partial charge in [0.1, 0.15) is 5.69 Å². The molecular formula is C14H18N2O4S. The quantitative estimate of drug-likeness (QED) is 0.360. The minimum Gasteiger partial charge on any atom is -0.469 e. The van der Waals surface area contributed by atoms with Crippen molar-refractivity contribution in [2.75, 3.05) is 18.6 Å². The monoisotopic (exact) mass is 310 g/mol. The lowest BCUT2D eigenvalue weighted by molar-refractivity contribution is -0.383. The number of carbonyl (C=O) groups excluding carboxylic acids is 1. The normalized spacial score (nSPS) is 15.5. The van der Waals surface area contributed by atoms with Crippen LogP contribution in [0.1, 0.15) is 24.8 Å². The molecule has 0 bridgehead atoms. The van der Waals surface area contributed by atoms with Crippen LogP contribution in [0.25, 0.3) is 0 Å². The molecule has 1 aromatic rings. The van der Waals surface area contributed by atoms with E-state index in [1.165, 1.54) is 13.2 Å². The smallest absolute Gasteiger partial charge is 0.306 e. The molecule has 2 N–H and O–H groups in total. The number of nitro groups is 1. The number of nitrogen functional groups attached to an aromatic ring is 1. The molecule has 1 aromatic carbocycles. The number of carbonyl (C=O) groups is 1. The van der Waals surface area contributed by atoms with E-state index in [4.69, 9.17) is 10.5 Å². The summed E-state index contributed by atoms with van der Waals surface area (Å²) in [6.45, 7) is 0. The molecule has 0 amide bonds. The predicted octanol–water partition coefficient (Wildman–Crippen LogP) is 2.75. The minimum absolute atomic E-state index is 0.0520. The van der Waals surface area contributed by atoms with Crippen LogP contribution in [0.5, 0.6) is 0 Å². The van der Waals surface area contributed by atoms with Gasteiger partial charge >= 0.3 is 5.97 Å². The maximum absolute atomic E-state index is 11.3. The van der Waals surface area contributed by atoms with Crippen LogP contribution in [0.3, 0.4) is 0 Å². The van der Waals surface area contributed by atoms with Gasteiger partial charge in [0.25, 0.3) is 5.69 Å². The van der Waals surface area contributed by atoms with Gasteiger partial charge in [0.15, 0.2) is 0 Å². The molecule has 0 atom stereocenters. The molecule has 7 heteroatoms. The van der Waals surface area contributed by atoms with E-state index in [2.05, 4.69) is 0 Å². The van der Waals surface area contributed by atoms with Crippen LogP contribution in [-0.4, -0.2) is 23.8 Å². The summed E-state index contributed by atoms with van der Waals surface area (Å²) in [6, 6.07) is 4.88. The van der Waals surface area contributed by atoms with Gasteiger partial charge in [0.2, 0.25) is 0 Å². The third-order valence-corrected chi connectivity index (χ3v) is 5.03. The second-order valence-corrected chi connectivity index (χ2v) is 6.38. The van der Waals surface area contributed by atoms with Gasteiger partial charge in [0.05, 0.1) is 18.5 Å². The van der Waals surface area contributed by atoms with Crippen LogP contribution >= 0.6 is 11.8 Å². The van der Waals surface area contributed by atoms with Crippen LogP contribution in [-0.2, 0) is 15.3 Å². The maximum atomic E-state index is 11.3. The molecule has 1 fully saturated rings. The van der Waals surface area contributed by atoms with E-state index >= 15 is 0 Å². The molecule has 0 spiro atoms. The highest BCUT2D eigenvalue weighted by atomic mass is 32.2. The van der Waals surface area contributed by atoms with Crippen molar-refractivity contribution in [3.05, 3.63) is 33.9 Å². The lowest BCUT2D eigenvalue weighted by Crippen LogP contribution is -2.13. The largest absolute Gasteiger partial charge is 0.469 e. The van der Waals surface area contributed by atoms with E-state index in [0.717, 1.165) is 24.2 Å². The molecule has 1 aliphatic carbocycles. The molecule has 21 heavy (non-hydrogen) atoms. The standard InChI is InChI=1S/C14H18N2O4S/c1-20-13(17)7-14(4-5-14)9-21-8-10-2-3-11(15)12(6-10)16(18)19/h2-3,6H,4-5,7-9,15H2,1H3. The van der Waals surface area contributed by atoms with E-state index < -0.39 is 4.92 Å². The number of hydrogen-bond donors (Lipinski definition) is 1. The number of anilines is 1. The van der Waals surface area contributed by atoms with Gasteiger partial charge in [-0.15, -0.1) is 0 Å². The van der Waals surface area contributed by atoms with Gasteiger partial charge in [-0.1, -0.05) is 6.07 Å². The number of benzene rings is 1. The van der Waals surface area contributed by atoms with Gasteiger partial charge in [-0.05, 0) is 35.6 Å². The summed E-state index contributed by atoms with van der Waals surface area (Å²) >= 11 is 1.68. The fourth-order valence-electron chi connectivity index (χ4n) is 2.15. The summed E-state index contributed by atoms with van der Waals surface area (Å²) in [7, 11) is 1.40. The van der Waals surface area contributed by atoms with Crippen LogP contribution in [0.15, 0.2) is 18.2 Å². The number of hydrogen-bond acceptors (Lipinski definition) is 6. The average Bonchev–Trinajstić information content (AvgIpc) is 3.20. The lowest BCUT2D eigenvalue weighted by atomic mass is 10.1. The van der Waals surface area contributed by atoms with Crippen molar-refractivity contribution < 1.29 is 14.5 Å². The van der Waals surface area contributed by atoms with Crippen molar-refractivity contribution in [2.45, 2.75) is 25.0 Å². The molecule has 1 saturated carbocycles. The zero-order chi connectivity index (χ0) is 15.5. The van der Waals surface area contributed by atoms with Gasteiger partial charge in [-0.25, -0.2) is 0 Å². The Morgan fingerprint density at radius 1 is 1.52 bits per heavy atom. The number of ether oxygens (including phenoxy) is 1. The second-order valence-electron chi connectivity index (χ2n) is 5.40. The first-order valence-corrected chi connectivity index (χ1v) is 7.79. The number of esters is 1. The molecule has 0 aromatic heterocycles. The number of thioether (sulfide) groups is 1. The Labute approximate surface area is 127 Å². The number of nitro benzene ring substituents is 1. The lowest BCUT2D eigenvalue weighted by Gasteiger charge is -2.13. The molecule has 1 aliphatic rings. The Bertz CT molecular complexity index is 558. The second kappa shape index (κ2) is 6.34. The Balaban J connectivity index is 1.88. The summed E-state index contributed by atoms with van der Waals surface area (Å²) in [5.74, 6) is 1.36. The SMILES string of the molecule is COC(=O)CC1(CSCc2ccc(N)c([N+](=O)[O-])c2)CC1. The molecule has 6 nitrogen and oxygen atoms in total. The van der Waals surface area contributed by atoms with Crippen molar-refractivity contribution >= 4 is 29.1 Å². The zero-order valence-corrected chi connectivity index (χ0v) is 12.6. The van der Waals surface area contributed by atoms with Crippen LogP contribution in [0, 0.1) is 15.5 Å². The van der Waals surface area contributed by atoms with E-state index in [1.54, 1.807) is 23.9 Å². The van der Waals surface area contributed by atoms with Crippen LogP contribution in [0.4, 0.5) is 11.4 Å². The van der Waals surface area contributed by atoms with Crippen molar-refractivity contribution in [1.29, 1.82) is 0 Å². The third-order valence-electron chi connectivity index (χ3n) is 3.67. The van der Waals surface area contributed by atoms with Crippen molar-refractivity contribution in [3.8, 4) is 0 Å². The fourth-order valence-corrected chi connectivity index (χ4v) is 3.49. The van der Waals surface area contributed by atoms with Gasteiger partial charge in [0, 0.05) is 11.8 Å². The van der Waals surface area contributed by atoms with Crippen molar-refractivity contribution in [3.63, 3.8) is 0 Å². The van der Waals surface area contributed by atoms with E-state index in [0.29, 0.717) is 12.2 Å². The van der Waals surface area contributed by atoms with E-state index in [9.17, 15) is 14.9 Å². The molecule has 0 heterocycles. The zero-order valence-electron chi connectivity index (χ0n) is 11.8. The summed E-state index contributed by atoms with van der Waals surface area (Å²) in [4.78, 5) is 21.7. The maximum Gasteiger partial charge on any atom is 0.306 e. The third kappa shape index (κ3) is 4.10. The molecule has 0 saturated heterocycles. The molecule has 2 rings (SSSR count). The summed E-state index contributed by atoms with van der Waals surface area (Å²) in [5.41, 5.74) is 6.63. The number of methoxy groups -OCH3 is 1. The van der Waals surface area contributed by atoms with E-state index in [-0.39, 0.29) is 22.8 Å². The number of nitrogens with two attached hydrogens (primary N) is 1. The van der Waals surface area contributed by atoms with Gasteiger partial charge < -0.3 is 10.5 Å². The first kappa shape index (κ1) is 15.6. The Hall–Kier alpha value is -1.76.